The van der Waals surface area contributed by atoms with Crippen LogP contribution in [0.2, 0.25) is 0 Å². The molecule has 0 aliphatic carbocycles. The van der Waals surface area contributed by atoms with Gasteiger partial charge in [0.2, 0.25) is 0 Å². The van der Waals surface area contributed by atoms with Crippen molar-refractivity contribution in [3.8, 4) is 0 Å². The van der Waals surface area contributed by atoms with Crippen molar-refractivity contribution in [2.24, 2.45) is 11.8 Å². The van der Waals surface area contributed by atoms with E-state index in [-0.39, 0.29) is 0 Å². The third kappa shape index (κ3) is 2.84. The molecule has 0 bridgehead atoms. The standard InChI is InChI=1S/C8H16/c1-5-6-8(4)7(2)3/h5-8H,1-4H3/t8-/m1/s1. The lowest BCUT2D eigenvalue weighted by molar-refractivity contribution is 0.504. The lowest BCUT2D eigenvalue weighted by Crippen LogP contribution is -1.98. The molecule has 0 fully saturated rings. The Bertz CT molecular complexity index is 70.1. The summed E-state index contributed by atoms with van der Waals surface area (Å²) in [5.74, 6) is 1.52. The second-order valence-corrected chi connectivity index (χ2v) is 2.63. The Morgan fingerprint density at radius 2 is 1.62 bits per heavy atom. The Hall–Kier alpha value is -0.260. The van der Waals surface area contributed by atoms with Crippen LogP contribution in [0.1, 0.15) is 27.7 Å². The fourth-order valence-electron chi connectivity index (χ4n) is 0.526. The summed E-state index contributed by atoms with van der Waals surface area (Å²) in [7, 11) is 0. The van der Waals surface area contributed by atoms with Crippen molar-refractivity contribution in [2.45, 2.75) is 27.7 Å². The molecule has 0 heteroatoms. The van der Waals surface area contributed by atoms with Crippen LogP contribution in [-0.2, 0) is 0 Å². The van der Waals surface area contributed by atoms with Gasteiger partial charge in [-0.05, 0) is 18.8 Å². The van der Waals surface area contributed by atoms with Gasteiger partial charge in [0.05, 0.1) is 0 Å². The number of rotatable bonds is 2. The first-order chi connectivity index (χ1) is 3.68. The molecule has 8 heavy (non-hydrogen) atoms. The van der Waals surface area contributed by atoms with E-state index in [9.17, 15) is 0 Å². The van der Waals surface area contributed by atoms with E-state index >= 15 is 0 Å². The third-order valence-corrected chi connectivity index (χ3v) is 1.55. The molecule has 0 nitrogen and oxygen atoms in total. The zero-order chi connectivity index (χ0) is 6.57. The molecule has 0 aromatic rings. The maximum absolute atomic E-state index is 2.24. The van der Waals surface area contributed by atoms with Crippen LogP contribution in [0.5, 0.6) is 0 Å². The molecule has 0 aliphatic heterocycles. The lowest BCUT2D eigenvalue weighted by atomic mass is 9.98. The molecule has 0 amide bonds. The predicted molar refractivity (Wildman–Crippen MR) is 38.8 cm³/mol. The SMILES string of the molecule is CC=C[C@@H](C)C(C)C. The van der Waals surface area contributed by atoms with Crippen LogP contribution in [0, 0.1) is 11.8 Å². The molecule has 0 unspecified atom stereocenters. The molecule has 0 aromatic carbocycles. The number of allylic oxidation sites excluding steroid dienone is 2. The molecular formula is C8H16. The number of hydrogen-bond donors (Lipinski definition) is 0. The molecular weight excluding hydrogens is 96.1 g/mol. The van der Waals surface area contributed by atoms with E-state index < -0.39 is 0 Å². The van der Waals surface area contributed by atoms with E-state index in [2.05, 4.69) is 39.8 Å². The van der Waals surface area contributed by atoms with E-state index in [1.807, 2.05) is 0 Å². The van der Waals surface area contributed by atoms with Crippen molar-refractivity contribution in [2.75, 3.05) is 0 Å². The van der Waals surface area contributed by atoms with E-state index in [4.69, 9.17) is 0 Å². The maximum atomic E-state index is 2.24. The van der Waals surface area contributed by atoms with Crippen LogP contribution < -0.4 is 0 Å². The summed E-state index contributed by atoms with van der Waals surface area (Å²) in [6, 6.07) is 0. The van der Waals surface area contributed by atoms with Gasteiger partial charge in [-0.3, -0.25) is 0 Å². The van der Waals surface area contributed by atoms with Crippen LogP contribution in [0.15, 0.2) is 12.2 Å². The fourth-order valence-corrected chi connectivity index (χ4v) is 0.526. The topological polar surface area (TPSA) is 0 Å². The predicted octanol–water partition coefficient (Wildman–Crippen LogP) is 2.85. The summed E-state index contributed by atoms with van der Waals surface area (Å²) in [6.45, 7) is 8.79. The highest BCUT2D eigenvalue weighted by molar-refractivity contribution is 4.84. The van der Waals surface area contributed by atoms with Crippen LogP contribution in [0.3, 0.4) is 0 Å². The van der Waals surface area contributed by atoms with Gasteiger partial charge in [0.15, 0.2) is 0 Å². The molecule has 0 N–H and O–H groups in total. The highest BCUT2D eigenvalue weighted by atomic mass is 14.0. The molecule has 48 valence electrons. The van der Waals surface area contributed by atoms with Crippen LogP contribution >= 0.6 is 0 Å². The van der Waals surface area contributed by atoms with Crippen molar-refractivity contribution in [3.63, 3.8) is 0 Å². The highest BCUT2D eigenvalue weighted by Gasteiger charge is 1.99. The van der Waals surface area contributed by atoms with Crippen LogP contribution in [0.4, 0.5) is 0 Å². The minimum Gasteiger partial charge on any atom is -0.0914 e. The van der Waals surface area contributed by atoms with Gasteiger partial charge in [-0.15, -0.1) is 0 Å². The molecule has 0 spiro atoms. The first kappa shape index (κ1) is 7.74. The van der Waals surface area contributed by atoms with Gasteiger partial charge in [0, 0.05) is 0 Å². The quantitative estimate of drug-likeness (QED) is 0.482. The van der Waals surface area contributed by atoms with Crippen LogP contribution in [-0.4, -0.2) is 0 Å². The zero-order valence-electron chi connectivity index (χ0n) is 6.31. The first-order valence-corrected chi connectivity index (χ1v) is 3.31. The van der Waals surface area contributed by atoms with Gasteiger partial charge in [0.1, 0.15) is 0 Å². The van der Waals surface area contributed by atoms with Crippen molar-refractivity contribution in [1.29, 1.82) is 0 Å². The largest absolute Gasteiger partial charge is 0.0914 e. The summed E-state index contributed by atoms with van der Waals surface area (Å²) < 4.78 is 0. The van der Waals surface area contributed by atoms with E-state index in [1.54, 1.807) is 0 Å². The van der Waals surface area contributed by atoms with E-state index in [1.165, 1.54) is 0 Å². The van der Waals surface area contributed by atoms with Crippen molar-refractivity contribution in [1.82, 2.24) is 0 Å². The smallest absolute Gasteiger partial charge is 0.0239 e. The Balaban J connectivity index is 3.47. The summed E-state index contributed by atoms with van der Waals surface area (Å²) in [5, 5.41) is 0. The van der Waals surface area contributed by atoms with Gasteiger partial charge in [-0.25, -0.2) is 0 Å². The average Bonchev–Trinajstić information content (AvgIpc) is 1.67. The van der Waals surface area contributed by atoms with Crippen molar-refractivity contribution < 1.29 is 0 Å². The van der Waals surface area contributed by atoms with Gasteiger partial charge >= 0.3 is 0 Å². The lowest BCUT2D eigenvalue weighted by Gasteiger charge is -2.08. The normalized spacial score (nSPS) is 15.6. The summed E-state index contributed by atoms with van der Waals surface area (Å²) in [5.41, 5.74) is 0. The monoisotopic (exact) mass is 112 g/mol. The molecule has 1 atom stereocenters. The summed E-state index contributed by atoms with van der Waals surface area (Å²) >= 11 is 0. The number of hydrogen-bond acceptors (Lipinski definition) is 0. The van der Waals surface area contributed by atoms with E-state index in [0.29, 0.717) is 0 Å². The second-order valence-electron chi connectivity index (χ2n) is 2.63. The molecule has 0 saturated heterocycles. The Morgan fingerprint density at radius 1 is 1.12 bits per heavy atom. The Kier molecular flexibility index (Phi) is 3.59. The second kappa shape index (κ2) is 3.71. The molecule has 0 aromatic heterocycles. The van der Waals surface area contributed by atoms with Crippen LogP contribution in [0.25, 0.3) is 0 Å². The van der Waals surface area contributed by atoms with Gasteiger partial charge in [-0.2, -0.15) is 0 Å². The molecule has 0 heterocycles. The van der Waals surface area contributed by atoms with Crippen molar-refractivity contribution >= 4 is 0 Å². The molecule has 0 rings (SSSR count). The molecule has 0 radical (unpaired) electrons. The Labute approximate surface area is 52.6 Å². The Morgan fingerprint density at radius 3 is 1.75 bits per heavy atom. The van der Waals surface area contributed by atoms with Gasteiger partial charge in [-0.1, -0.05) is 32.9 Å². The molecule has 0 aliphatic rings. The molecule has 0 saturated carbocycles. The average molecular weight is 112 g/mol. The fraction of sp³-hybridized carbons (Fsp3) is 0.750. The summed E-state index contributed by atoms with van der Waals surface area (Å²) in [6.07, 6.45) is 4.36. The minimum absolute atomic E-state index is 0.736. The van der Waals surface area contributed by atoms with Crippen molar-refractivity contribution in [3.05, 3.63) is 12.2 Å². The summed E-state index contributed by atoms with van der Waals surface area (Å²) in [4.78, 5) is 0. The minimum atomic E-state index is 0.736. The van der Waals surface area contributed by atoms with E-state index in [0.717, 1.165) is 11.8 Å². The maximum Gasteiger partial charge on any atom is -0.0239 e. The first-order valence-electron chi connectivity index (χ1n) is 3.31. The third-order valence-electron chi connectivity index (χ3n) is 1.55. The zero-order valence-corrected chi connectivity index (χ0v) is 6.31. The highest BCUT2D eigenvalue weighted by Crippen LogP contribution is 2.09. The van der Waals surface area contributed by atoms with Gasteiger partial charge < -0.3 is 0 Å². The van der Waals surface area contributed by atoms with Gasteiger partial charge in [0.25, 0.3) is 0 Å².